The fourth-order valence-corrected chi connectivity index (χ4v) is 4.25. The lowest BCUT2D eigenvalue weighted by Gasteiger charge is -2.32. The molecule has 4 rings (SSSR count). The normalized spacial score (nSPS) is 16.2. The van der Waals surface area contributed by atoms with Crippen molar-refractivity contribution in [2.24, 2.45) is 5.92 Å². The molecule has 1 N–H and O–H groups in total. The van der Waals surface area contributed by atoms with Crippen LogP contribution in [0.25, 0.3) is 10.8 Å². The smallest absolute Gasteiger partial charge is 0.254 e. The average Bonchev–Trinajstić information content (AvgIpc) is 2.80. The zero-order chi connectivity index (χ0) is 22.0. The number of nitrogens with zero attached hydrogens (tertiary/aromatic N) is 1. The number of aryl methyl sites for hydroxylation is 2. The zero-order valence-corrected chi connectivity index (χ0v) is 18.3. The molecule has 2 amide bonds. The summed E-state index contributed by atoms with van der Waals surface area (Å²) in [7, 11) is 1.63. The minimum absolute atomic E-state index is 0.0275. The molecular weight excluding hydrogens is 388 g/mol. The summed E-state index contributed by atoms with van der Waals surface area (Å²) in [5.41, 5.74) is 3.79. The van der Waals surface area contributed by atoms with Crippen LogP contribution in [0.4, 0.5) is 5.69 Å². The van der Waals surface area contributed by atoms with Gasteiger partial charge in [0.25, 0.3) is 5.91 Å². The van der Waals surface area contributed by atoms with Crippen molar-refractivity contribution in [3.63, 3.8) is 0 Å². The molecule has 5 heteroatoms. The molecule has 0 aromatic heterocycles. The van der Waals surface area contributed by atoms with Gasteiger partial charge < -0.3 is 15.0 Å². The Morgan fingerprint density at radius 1 is 1.00 bits per heavy atom. The van der Waals surface area contributed by atoms with Gasteiger partial charge in [0.2, 0.25) is 5.91 Å². The highest BCUT2D eigenvalue weighted by Crippen LogP contribution is 2.30. The van der Waals surface area contributed by atoms with Crippen LogP contribution in [0, 0.1) is 19.8 Å². The minimum Gasteiger partial charge on any atom is -0.496 e. The molecule has 0 aliphatic carbocycles. The first-order valence-corrected chi connectivity index (χ1v) is 10.7. The van der Waals surface area contributed by atoms with Crippen molar-refractivity contribution < 1.29 is 14.3 Å². The lowest BCUT2D eigenvalue weighted by atomic mass is 9.95. The van der Waals surface area contributed by atoms with E-state index >= 15 is 0 Å². The van der Waals surface area contributed by atoms with Gasteiger partial charge in [-0.05, 0) is 67.5 Å². The van der Waals surface area contributed by atoms with E-state index < -0.39 is 0 Å². The molecule has 3 aromatic carbocycles. The Bertz CT molecular complexity index is 1140. The SMILES string of the molecule is COc1ccc(C(=O)N2CCC[C@H](C(=O)Nc3ccc(C)c(C)c3)C2)c2ccccc12. The second kappa shape index (κ2) is 8.80. The van der Waals surface area contributed by atoms with Gasteiger partial charge >= 0.3 is 0 Å². The molecule has 5 nitrogen and oxygen atoms in total. The van der Waals surface area contributed by atoms with E-state index in [1.165, 1.54) is 5.56 Å². The van der Waals surface area contributed by atoms with Gasteiger partial charge in [-0.2, -0.15) is 0 Å². The number of rotatable bonds is 4. The van der Waals surface area contributed by atoms with Crippen LogP contribution < -0.4 is 10.1 Å². The van der Waals surface area contributed by atoms with Crippen LogP contribution in [-0.2, 0) is 4.79 Å². The number of benzene rings is 3. The molecular formula is C26H28N2O3. The second-order valence-electron chi connectivity index (χ2n) is 8.24. The monoisotopic (exact) mass is 416 g/mol. The molecule has 0 unspecified atom stereocenters. The third-order valence-corrected chi connectivity index (χ3v) is 6.19. The van der Waals surface area contributed by atoms with Crippen molar-refractivity contribution in [3.05, 3.63) is 71.3 Å². The van der Waals surface area contributed by atoms with Crippen LogP contribution in [0.5, 0.6) is 5.75 Å². The van der Waals surface area contributed by atoms with Crippen molar-refractivity contribution in [3.8, 4) is 5.75 Å². The van der Waals surface area contributed by atoms with Crippen molar-refractivity contribution in [2.75, 3.05) is 25.5 Å². The molecule has 3 aromatic rings. The second-order valence-corrected chi connectivity index (χ2v) is 8.24. The van der Waals surface area contributed by atoms with Crippen LogP contribution >= 0.6 is 0 Å². The number of carbonyl (C=O) groups excluding carboxylic acids is 2. The molecule has 1 aliphatic rings. The van der Waals surface area contributed by atoms with Gasteiger partial charge in [0, 0.05) is 29.7 Å². The summed E-state index contributed by atoms with van der Waals surface area (Å²) in [6, 6.07) is 17.3. The third-order valence-electron chi connectivity index (χ3n) is 6.19. The van der Waals surface area contributed by atoms with Gasteiger partial charge in [-0.3, -0.25) is 9.59 Å². The lowest BCUT2D eigenvalue weighted by molar-refractivity contribution is -0.121. The van der Waals surface area contributed by atoms with E-state index in [1.54, 1.807) is 7.11 Å². The molecule has 1 aliphatic heterocycles. The Kier molecular flexibility index (Phi) is 5.94. The molecule has 0 saturated carbocycles. The highest BCUT2D eigenvalue weighted by Gasteiger charge is 2.30. The number of piperidine rings is 1. The molecule has 0 radical (unpaired) electrons. The number of likely N-dealkylation sites (tertiary alicyclic amines) is 1. The maximum absolute atomic E-state index is 13.4. The molecule has 160 valence electrons. The average molecular weight is 417 g/mol. The number of hydrogen-bond acceptors (Lipinski definition) is 3. The Balaban J connectivity index is 1.52. The Morgan fingerprint density at radius 3 is 2.52 bits per heavy atom. The maximum Gasteiger partial charge on any atom is 0.254 e. The first kappa shape index (κ1) is 20.9. The molecule has 1 fully saturated rings. The van der Waals surface area contributed by atoms with Crippen LogP contribution in [0.2, 0.25) is 0 Å². The number of methoxy groups -OCH3 is 1. The molecule has 1 heterocycles. The van der Waals surface area contributed by atoms with Crippen molar-refractivity contribution in [1.82, 2.24) is 4.90 Å². The number of nitrogens with one attached hydrogen (secondary N) is 1. The predicted octanol–water partition coefficient (Wildman–Crippen LogP) is 4.96. The van der Waals surface area contributed by atoms with E-state index in [4.69, 9.17) is 4.74 Å². The van der Waals surface area contributed by atoms with Gasteiger partial charge in [-0.25, -0.2) is 0 Å². The molecule has 31 heavy (non-hydrogen) atoms. The minimum atomic E-state index is -0.219. The highest BCUT2D eigenvalue weighted by molar-refractivity contribution is 6.08. The summed E-state index contributed by atoms with van der Waals surface area (Å²) in [6.45, 7) is 5.17. The zero-order valence-electron chi connectivity index (χ0n) is 18.3. The summed E-state index contributed by atoms with van der Waals surface area (Å²) in [5.74, 6) is 0.461. The third kappa shape index (κ3) is 4.26. The van der Waals surface area contributed by atoms with Crippen molar-refractivity contribution in [2.45, 2.75) is 26.7 Å². The number of amides is 2. The number of carbonyl (C=O) groups is 2. The van der Waals surface area contributed by atoms with Crippen molar-refractivity contribution >= 4 is 28.3 Å². The Morgan fingerprint density at radius 2 is 1.77 bits per heavy atom. The Labute approximate surface area is 183 Å². The van der Waals surface area contributed by atoms with Crippen LogP contribution in [0.3, 0.4) is 0 Å². The van der Waals surface area contributed by atoms with Crippen LogP contribution in [0.1, 0.15) is 34.3 Å². The van der Waals surface area contributed by atoms with E-state index in [0.717, 1.165) is 40.6 Å². The van der Waals surface area contributed by atoms with Crippen LogP contribution in [0.15, 0.2) is 54.6 Å². The number of fused-ring (bicyclic) bond motifs is 1. The maximum atomic E-state index is 13.4. The van der Waals surface area contributed by atoms with E-state index in [-0.39, 0.29) is 17.7 Å². The predicted molar refractivity (Wildman–Crippen MR) is 124 cm³/mol. The molecule has 0 bridgehead atoms. The quantitative estimate of drug-likeness (QED) is 0.654. The molecule has 0 spiro atoms. The van der Waals surface area contributed by atoms with Gasteiger partial charge in [-0.15, -0.1) is 0 Å². The number of anilines is 1. The first-order valence-electron chi connectivity index (χ1n) is 10.7. The Hall–Kier alpha value is -3.34. The summed E-state index contributed by atoms with van der Waals surface area (Å²) in [4.78, 5) is 28.1. The standard InChI is InChI=1S/C26H28N2O3/c1-17-10-11-20(15-18(17)2)27-25(29)19-7-6-14-28(16-19)26(30)23-12-13-24(31-3)22-9-5-4-8-21(22)23/h4-5,8-13,15,19H,6-7,14,16H2,1-3H3,(H,27,29)/t19-/m0/s1. The summed E-state index contributed by atoms with van der Waals surface area (Å²) in [5, 5.41) is 4.81. The summed E-state index contributed by atoms with van der Waals surface area (Å²) < 4.78 is 5.45. The van der Waals surface area contributed by atoms with E-state index in [2.05, 4.69) is 12.2 Å². The summed E-state index contributed by atoms with van der Waals surface area (Å²) >= 11 is 0. The van der Waals surface area contributed by atoms with Gasteiger partial charge in [-0.1, -0.05) is 30.3 Å². The first-order chi connectivity index (χ1) is 15.0. The topological polar surface area (TPSA) is 58.6 Å². The lowest BCUT2D eigenvalue weighted by Crippen LogP contribution is -2.43. The van der Waals surface area contributed by atoms with Gasteiger partial charge in [0.15, 0.2) is 0 Å². The van der Waals surface area contributed by atoms with E-state index in [9.17, 15) is 9.59 Å². The van der Waals surface area contributed by atoms with E-state index in [0.29, 0.717) is 18.7 Å². The molecule has 1 saturated heterocycles. The van der Waals surface area contributed by atoms with Gasteiger partial charge in [0.1, 0.15) is 5.75 Å². The van der Waals surface area contributed by atoms with E-state index in [1.807, 2.05) is 66.4 Å². The van der Waals surface area contributed by atoms with Gasteiger partial charge in [0.05, 0.1) is 13.0 Å². The summed E-state index contributed by atoms with van der Waals surface area (Å²) in [6.07, 6.45) is 1.59. The molecule has 1 atom stereocenters. The number of hydrogen-bond donors (Lipinski definition) is 1. The fraction of sp³-hybridized carbons (Fsp3) is 0.308. The largest absolute Gasteiger partial charge is 0.496 e. The van der Waals surface area contributed by atoms with Crippen molar-refractivity contribution in [1.29, 1.82) is 0 Å². The number of ether oxygens (including phenoxy) is 1. The fourth-order valence-electron chi connectivity index (χ4n) is 4.25. The highest BCUT2D eigenvalue weighted by atomic mass is 16.5. The van der Waals surface area contributed by atoms with Crippen LogP contribution in [-0.4, -0.2) is 36.9 Å².